The summed E-state index contributed by atoms with van der Waals surface area (Å²) in [7, 11) is 1.67. The van der Waals surface area contributed by atoms with Crippen LogP contribution >= 0.6 is 0 Å². The van der Waals surface area contributed by atoms with Crippen LogP contribution in [-0.2, 0) is 17.8 Å². The lowest BCUT2D eigenvalue weighted by atomic mass is 10.1. The fraction of sp³-hybridized carbons (Fsp3) is 0.455. The van der Waals surface area contributed by atoms with Gasteiger partial charge in [-0.1, -0.05) is 42.0 Å². The minimum Gasteiger partial charge on any atom is -0.497 e. The molecule has 0 aliphatic rings. The van der Waals surface area contributed by atoms with Crippen LogP contribution < -0.4 is 4.74 Å². The van der Waals surface area contributed by atoms with Gasteiger partial charge in [0.25, 0.3) is 0 Å². The molecule has 2 aromatic carbocycles. The van der Waals surface area contributed by atoms with Gasteiger partial charge in [0.15, 0.2) is 0 Å². The molecule has 1 N–H and O–H groups in total. The summed E-state index contributed by atoms with van der Waals surface area (Å²) in [5.41, 5.74) is 3.68. The Morgan fingerprint density at radius 1 is 1.00 bits per heavy atom. The molecule has 142 valence electrons. The van der Waals surface area contributed by atoms with E-state index in [4.69, 9.17) is 9.47 Å². The molecule has 2 aromatic rings. The summed E-state index contributed by atoms with van der Waals surface area (Å²) < 4.78 is 10.8. The van der Waals surface area contributed by atoms with Crippen LogP contribution in [0.1, 0.15) is 30.5 Å². The number of nitrogens with zero attached hydrogens (tertiary/aromatic N) is 1. The summed E-state index contributed by atoms with van der Waals surface area (Å²) in [6.07, 6.45) is -0.392. The molecule has 0 amide bonds. The van der Waals surface area contributed by atoms with Crippen LogP contribution in [0.15, 0.2) is 48.5 Å². The van der Waals surface area contributed by atoms with Crippen LogP contribution in [-0.4, -0.2) is 42.5 Å². The van der Waals surface area contributed by atoms with Crippen molar-refractivity contribution in [3.8, 4) is 5.75 Å². The van der Waals surface area contributed by atoms with Gasteiger partial charge < -0.3 is 14.6 Å². The number of ether oxygens (including phenoxy) is 2. The fourth-order valence-corrected chi connectivity index (χ4v) is 2.90. The van der Waals surface area contributed by atoms with Crippen LogP contribution in [0.25, 0.3) is 0 Å². The molecular weight excluding hydrogens is 326 g/mol. The van der Waals surface area contributed by atoms with Gasteiger partial charge in [-0.25, -0.2) is 0 Å². The summed E-state index contributed by atoms with van der Waals surface area (Å²) in [4.78, 5) is 2.25. The van der Waals surface area contributed by atoms with Gasteiger partial charge in [-0.3, -0.25) is 4.90 Å². The Morgan fingerprint density at radius 2 is 1.69 bits per heavy atom. The van der Waals surface area contributed by atoms with Gasteiger partial charge >= 0.3 is 0 Å². The van der Waals surface area contributed by atoms with E-state index in [2.05, 4.69) is 48.2 Å². The monoisotopic (exact) mass is 357 g/mol. The normalized spacial score (nSPS) is 12.6. The molecule has 0 aliphatic carbocycles. The zero-order valence-electron chi connectivity index (χ0n) is 16.3. The van der Waals surface area contributed by atoms with Gasteiger partial charge in [-0.05, 0) is 44.0 Å². The summed E-state index contributed by atoms with van der Waals surface area (Å²) >= 11 is 0. The second-order valence-electron chi connectivity index (χ2n) is 7.04. The molecular formula is C22H31NO3. The molecule has 1 unspecified atom stereocenters. The first-order valence-electron chi connectivity index (χ1n) is 9.16. The van der Waals surface area contributed by atoms with Gasteiger partial charge in [0.05, 0.1) is 25.9 Å². The third-order valence-corrected chi connectivity index (χ3v) is 4.14. The molecule has 2 rings (SSSR count). The van der Waals surface area contributed by atoms with E-state index in [1.165, 1.54) is 16.7 Å². The highest BCUT2D eigenvalue weighted by Crippen LogP contribution is 2.16. The zero-order chi connectivity index (χ0) is 18.9. The summed E-state index contributed by atoms with van der Waals surface area (Å²) in [6.45, 7) is 8.52. The summed E-state index contributed by atoms with van der Waals surface area (Å²) in [6, 6.07) is 16.6. The molecule has 0 aliphatic heterocycles. The van der Waals surface area contributed by atoms with Crippen LogP contribution in [0, 0.1) is 6.92 Å². The number of hydrogen-bond acceptors (Lipinski definition) is 4. The van der Waals surface area contributed by atoms with Gasteiger partial charge in [0, 0.05) is 19.6 Å². The Balaban J connectivity index is 2.06. The predicted molar refractivity (Wildman–Crippen MR) is 105 cm³/mol. The van der Waals surface area contributed by atoms with E-state index in [-0.39, 0.29) is 6.10 Å². The SMILES string of the molecule is COc1ccc(CN(Cc2cccc(C)c2)CC(O)COC(C)C)cc1. The van der Waals surface area contributed by atoms with E-state index in [1.807, 2.05) is 26.0 Å². The van der Waals surface area contributed by atoms with E-state index in [0.717, 1.165) is 18.8 Å². The molecule has 0 fully saturated rings. The minimum absolute atomic E-state index is 0.122. The van der Waals surface area contributed by atoms with Gasteiger partial charge in [-0.2, -0.15) is 0 Å². The molecule has 4 heteroatoms. The Morgan fingerprint density at radius 3 is 2.31 bits per heavy atom. The third kappa shape index (κ3) is 7.16. The van der Waals surface area contributed by atoms with E-state index in [1.54, 1.807) is 7.11 Å². The van der Waals surface area contributed by atoms with Crippen molar-refractivity contribution < 1.29 is 14.6 Å². The molecule has 0 radical (unpaired) electrons. The minimum atomic E-state index is -0.513. The lowest BCUT2D eigenvalue weighted by molar-refractivity contribution is -0.0106. The predicted octanol–water partition coefficient (Wildman–Crippen LogP) is 3.79. The maximum atomic E-state index is 10.4. The van der Waals surface area contributed by atoms with E-state index in [0.29, 0.717) is 13.2 Å². The number of benzene rings is 2. The standard InChI is InChI=1S/C22H31NO3/c1-17(2)26-16-21(24)15-23(14-20-7-5-6-18(3)12-20)13-19-8-10-22(25-4)11-9-19/h5-12,17,21,24H,13-16H2,1-4H3. The molecule has 4 nitrogen and oxygen atoms in total. The largest absolute Gasteiger partial charge is 0.497 e. The summed E-state index contributed by atoms with van der Waals surface area (Å²) in [5.74, 6) is 0.851. The first-order valence-corrected chi connectivity index (χ1v) is 9.16. The Bertz CT molecular complexity index is 655. The summed E-state index contributed by atoms with van der Waals surface area (Å²) in [5, 5.41) is 10.4. The van der Waals surface area contributed by atoms with Crippen molar-refractivity contribution in [3.05, 3.63) is 65.2 Å². The molecule has 0 aromatic heterocycles. The maximum Gasteiger partial charge on any atom is 0.118 e. The topological polar surface area (TPSA) is 41.9 Å². The van der Waals surface area contributed by atoms with Crippen LogP contribution in [0.4, 0.5) is 0 Å². The number of aryl methyl sites for hydroxylation is 1. The first kappa shape index (κ1) is 20.4. The number of aliphatic hydroxyl groups excluding tert-OH is 1. The maximum absolute atomic E-state index is 10.4. The van der Waals surface area contributed by atoms with Crippen LogP contribution in [0.5, 0.6) is 5.75 Å². The second kappa shape index (κ2) is 10.3. The van der Waals surface area contributed by atoms with E-state index >= 15 is 0 Å². The molecule has 26 heavy (non-hydrogen) atoms. The Kier molecular flexibility index (Phi) is 8.10. The molecule has 0 spiro atoms. The number of hydrogen-bond donors (Lipinski definition) is 1. The third-order valence-electron chi connectivity index (χ3n) is 4.14. The first-order chi connectivity index (χ1) is 12.5. The van der Waals surface area contributed by atoms with Crippen molar-refractivity contribution >= 4 is 0 Å². The fourth-order valence-electron chi connectivity index (χ4n) is 2.90. The molecule has 0 saturated heterocycles. The zero-order valence-corrected chi connectivity index (χ0v) is 16.3. The van der Waals surface area contributed by atoms with Crippen molar-refractivity contribution in [3.63, 3.8) is 0 Å². The van der Waals surface area contributed by atoms with Crippen LogP contribution in [0.2, 0.25) is 0 Å². The quantitative estimate of drug-likeness (QED) is 0.702. The Hall–Kier alpha value is -1.88. The van der Waals surface area contributed by atoms with Crippen molar-refractivity contribution in [2.75, 3.05) is 20.3 Å². The Labute approximate surface area is 157 Å². The highest BCUT2D eigenvalue weighted by molar-refractivity contribution is 5.27. The van der Waals surface area contributed by atoms with Crippen molar-refractivity contribution in [2.45, 2.75) is 46.1 Å². The van der Waals surface area contributed by atoms with Gasteiger partial charge in [-0.15, -0.1) is 0 Å². The molecule has 0 saturated carbocycles. The van der Waals surface area contributed by atoms with E-state index < -0.39 is 6.10 Å². The van der Waals surface area contributed by atoms with Gasteiger partial charge in [0.2, 0.25) is 0 Å². The second-order valence-corrected chi connectivity index (χ2v) is 7.04. The lowest BCUT2D eigenvalue weighted by Gasteiger charge is -2.26. The average Bonchev–Trinajstić information content (AvgIpc) is 2.60. The lowest BCUT2D eigenvalue weighted by Crippen LogP contribution is -2.34. The molecule has 0 bridgehead atoms. The molecule has 0 heterocycles. The van der Waals surface area contributed by atoms with Crippen LogP contribution in [0.3, 0.4) is 0 Å². The van der Waals surface area contributed by atoms with Crippen molar-refractivity contribution in [1.29, 1.82) is 0 Å². The number of aliphatic hydroxyl groups is 1. The number of methoxy groups -OCH3 is 1. The van der Waals surface area contributed by atoms with Crippen molar-refractivity contribution in [2.24, 2.45) is 0 Å². The van der Waals surface area contributed by atoms with Crippen molar-refractivity contribution in [1.82, 2.24) is 4.90 Å². The highest BCUT2D eigenvalue weighted by atomic mass is 16.5. The number of rotatable bonds is 10. The van der Waals surface area contributed by atoms with E-state index in [9.17, 15) is 5.11 Å². The highest BCUT2D eigenvalue weighted by Gasteiger charge is 2.14. The average molecular weight is 357 g/mol. The smallest absolute Gasteiger partial charge is 0.118 e. The molecule has 1 atom stereocenters. The van der Waals surface area contributed by atoms with Gasteiger partial charge in [0.1, 0.15) is 5.75 Å².